The Hall–Kier alpha value is -0.830. The van der Waals surface area contributed by atoms with Crippen LogP contribution in [-0.2, 0) is 0 Å². The van der Waals surface area contributed by atoms with Crippen molar-refractivity contribution in [2.75, 3.05) is 19.6 Å². The maximum atomic E-state index is 5.88. The molecule has 0 aromatic heterocycles. The maximum Gasteiger partial charge on any atom is 0.0450 e. The molecule has 2 nitrogen and oxygen atoms in total. The Bertz CT molecular complexity index is 458. The van der Waals surface area contributed by atoms with Gasteiger partial charge in [-0.1, -0.05) is 62.2 Å². The Morgan fingerprint density at radius 2 is 2.14 bits per heavy atom. The monoisotopic (exact) mass is 306 g/mol. The summed E-state index contributed by atoms with van der Waals surface area (Å²) in [7, 11) is 0. The normalized spacial score (nSPS) is 25.8. The van der Waals surface area contributed by atoms with E-state index in [0.717, 1.165) is 19.6 Å². The first-order chi connectivity index (χ1) is 10.2. The summed E-state index contributed by atoms with van der Waals surface area (Å²) < 4.78 is 0. The fourth-order valence-corrected chi connectivity index (χ4v) is 3.17. The molecule has 1 fully saturated rings. The Morgan fingerprint density at radius 3 is 2.76 bits per heavy atom. The van der Waals surface area contributed by atoms with Crippen LogP contribution in [0.5, 0.6) is 0 Å². The predicted octanol–water partition coefficient (Wildman–Crippen LogP) is 4.19. The summed E-state index contributed by atoms with van der Waals surface area (Å²) in [4.78, 5) is 2.59. The SMILES string of the molecule is CCC(C)C1CNC(c2ccccc2)CN1C/C(C)=C/Cl. The molecule has 0 spiro atoms. The molecule has 0 radical (unpaired) electrons. The van der Waals surface area contributed by atoms with Gasteiger partial charge < -0.3 is 5.32 Å². The van der Waals surface area contributed by atoms with Gasteiger partial charge in [-0.15, -0.1) is 0 Å². The molecule has 3 unspecified atom stereocenters. The molecule has 2 rings (SSSR count). The zero-order chi connectivity index (χ0) is 15.2. The van der Waals surface area contributed by atoms with Gasteiger partial charge in [-0.3, -0.25) is 4.90 Å². The van der Waals surface area contributed by atoms with Crippen LogP contribution < -0.4 is 5.32 Å². The van der Waals surface area contributed by atoms with E-state index >= 15 is 0 Å². The van der Waals surface area contributed by atoms with E-state index in [-0.39, 0.29) is 0 Å². The zero-order valence-corrected chi connectivity index (χ0v) is 14.1. The van der Waals surface area contributed by atoms with Crippen molar-refractivity contribution in [3.63, 3.8) is 0 Å². The summed E-state index contributed by atoms with van der Waals surface area (Å²) in [5, 5.41) is 3.73. The molecule has 1 N–H and O–H groups in total. The first-order valence-electron chi connectivity index (χ1n) is 7.94. The summed E-state index contributed by atoms with van der Waals surface area (Å²) in [5.74, 6) is 0.692. The molecule has 1 aromatic carbocycles. The van der Waals surface area contributed by atoms with Gasteiger partial charge in [-0.2, -0.15) is 0 Å². The van der Waals surface area contributed by atoms with Gasteiger partial charge in [-0.25, -0.2) is 0 Å². The topological polar surface area (TPSA) is 15.3 Å². The van der Waals surface area contributed by atoms with Crippen LogP contribution >= 0.6 is 11.6 Å². The first-order valence-corrected chi connectivity index (χ1v) is 8.37. The van der Waals surface area contributed by atoms with Crippen molar-refractivity contribution in [3.8, 4) is 0 Å². The summed E-state index contributed by atoms with van der Waals surface area (Å²) in [6.07, 6.45) is 1.21. The predicted molar refractivity (Wildman–Crippen MR) is 91.6 cm³/mol. The van der Waals surface area contributed by atoms with Gasteiger partial charge in [-0.05, 0) is 24.0 Å². The number of rotatable bonds is 5. The summed E-state index contributed by atoms with van der Waals surface area (Å²) in [6.45, 7) is 9.79. The van der Waals surface area contributed by atoms with E-state index in [0.29, 0.717) is 18.0 Å². The molecular formula is C18H27ClN2. The molecule has 0 aliphatic carbocycles. The molecule has 116 valence electrons. The number of hydrogen-bond donors (Lipinski definition) is 1. The van der Waals surface area contributed by atoms with E-state index in [2.05, 4.69) is 61.3 Å². The molecule has 1 heterocycles. The van der Waals surface area contributed by atoms with Gasteiger partial charge in [0.05, 0.1) is 0 Å². The molecule has 1 saturated heterocycles. The van der Waals surface area contributed by atoms with Crippen LogP contribution in [0.3, 0.4) is 0 Å². The molecule has 1 aliphatic rings. The zero-order valence-electron chi connectivity index (χ0n) is 13.3. The second-order valence-electron chi connectivity index (χ2n) is 6.21. The van der Waals surface area contributed by atoms with E-state index in [1.807, 2.05) is 0 Å². The number of halogens is 1. The highest BCUT2D eigenvalue weighted by Crippen LogP contribution is 2.25. The quantitative estimate of drug-likeness (QED) is 0.877. The van der Waals surface area contributed by atoms with E-state index < -0.39 is 0 Å². The molecule has 21 heavy (non-hydrogen) atoms. The second-order valence-corrected chi connectivity index (χ2v) is 6.43. The van der Waals surface area contributed by atoms with Crippen LogP contribution in [0.25, 0.3) is 0 Å². The van der Waals surface area contributed by atoms with Gasteiger partial charge in [0.25, 0.3) is 0 Å². The van der Waals surface area contributed by atoms with Crippen molar-refractivity contribution in [1.82, 2.24) is 10.2 Å². The van der Waals surface area contributed by atoms with Crippen LogP contribution in [0.4, 0.5) is 0 Å². The third-order valence-corrected chi connectivity index (χ3v) is 4.97. The van der Waals surface area contributed by atoms with Gasteiger partial charge in [0, 0.05) is 37.3 Å². The van der Waals surface area contributed by atoms with E-state index in [9.17, 15) is 0 Å². The Morgan fingerprint density at radius 1 is 1.43 bits per heavy atom. The third-order valence-electron chi connectivity index (χ3n) is 4.60. The molecule has 1 aromatic rings. The minimum atomic E-state index is 0.412. The van der Waals surface area contributed by atoms with Crippen molar-refractivity contribution < 1.29 is 0 Å². The lowest BCUT2D eigenvalue weighted by atomic mass is 9.92. The highest BCUT2D eigenvalue weighted by Gasteiger charge is 2.31. The first kappa shape index (κ1) is 16.5. The fraction of sp³-hybridized carbons (Fsp3) is 0.556. The van der Waals surface area contributed by atoms with Crippen molar-refractivity contribution in [1.29, 1.82) is 0 Å². The van der Waals surface area contributed by atoms with Crippen molar-refractivity contribution >= 4 is 11.6 Å². The summed E-state index contributed by atoms with van der Waals surface area (Å²) >= 11 is 5.88. The van der Waals surface area contributed by atoms with Crippen LogP contribution in [0.1, 0.15) is 38.8 Å². The maximum absolute atomic E-state index is 5.88. The van der Waals surface area contributed by atoms with Crippen molar-refractivity contribution in [2.45, 2.75) is 39.3 Å². The largest absolute Gasteiger partial charge is 0.307 e. The van der Waals surface area contributed by atoms with Crippen LogP contribution in [0, 0.1) is 5.92 Å². The van der Waals surface area contributed by atoms with E-state index in [4.69, 9.17) is 11.6 Å². The highest BCUT2D eigenvalue weighted by atomic mass is 35.5. The van der Waals surface area contributed by atoms with Crippen LogP contribution in [-0.4, -0.2) is 30.6 Å². The number of piperazine rings is 1. The molecule has 0 bridgehead atoms. The van der Waals surface area contributed by atoms with Crippen LogP contribution in [0.2, 0.25) is 0 Å². The molecule has 1 aliphatic heterocycles. The van der Waals surface area contributed by atoms with E-state index in [1.165, 1.54) is 17.6 Å². The van der Waals surface area contributed by atoms with Gasteiger partial charge in [0.1, 0.15) is 0 Å². The van der Waals surface area contributed by atoms with Gasteiger partial charge in [0.2, 0.25) is 0 Å². The number of nitrogens with one attached hydrogen (secondary N) is 1. The molecular weight excluding hydrogens is 280 g/mol. The van der Waals surface area contributed by atoms with E-state index in [1.54, 1.807) is 5.54 Å². The number of benzene rings is 1. The minimum Gasteiger partial charge on any atom is -0.307 e. The summed E-state index contributed by atoms with van der Waals surface area (Å²) in [6, 6.07) is 11.7. The number of nitrogens with zero attached hydrogens (tertiary/aromatic N) is 1. The molecule has 3 atom stereocenters. The average molecular weight is 307 g/mol. The standard InChI is InChI=1S/C18H27ClN2/c1-4-15(3)18-11-20-17(16-8-6-5-7-9-16)13-21(18)12-14(2)10-19/h5-10,15,17-18,20H,4,11-13H2,1-3H3/b14-10+. The smallest absolute Gasteiger partial charge is 0.0450 e. The van der Waals surface area contributed by atoms with Crippen molar-refractivity contribution in [2.24, 2.45) is 5.92 Å². The Kier molecular flexibility index (Phi) is 6.28. The highest BCUT2D eigenvalue weighted by molar-refractivity contribution is 6.25. The Labute approximate surface area is 134 Å². The third kappa shape index (κ3) is 4.32. The minimum absolute atomic E-state index is 0.412. The fourth-order valence-electron chi connectivity index (χ4n) is 3.10. The molecule has 0 saturated carbocycles. The molecule has 3 heteroatoms. The second kappa shape index (κ2) is 7.98. The van der Waals surface area contributed by atoms with Gasteiger partial charge >= 0.3 is 0 Å². The molecule has 0 amide bonds. The Balaban J connectivity index is 2.12. The lowest BCUT2D eigenvalue weighted by Crippen LogP contribution is -2.55. The summed E-state index contributed by atoms with van der Waals surface area (Å²) in [5.41, 5.74) is 4.32. The number of hydrogen-bond acceptors (Lipinski definition) is 2. The van der Waals surface area contributed by atoms with Gasteiger partial charge in [0.15, 0.2) is 0 Å². The lowest BCUT2D eigenvalue weighted by Gasteiger charge is -2.43. The lowest BCUT2D eigenvalue weighted by molar-refractivity contribution is 0.101. The van der Waals surface area contributed by atoms with Crippen molar-refractivity contribution in [3.05, 3.63) is 47.0 Å². The average Bonchev–Trinajstić information content (AvgIpc) is 2.54. The van der Waals surface area contributed by atoms with Crippen LogP contribution in [0.15, 0.2) is 41.4 Å².